The molecule has 0 saturated carbocycles. The number of hydroxylamine groups is 1. The van der Waals surface area contributed by atoms with Crippen molar-refractivity contribution in [2.75, 3.05) is 13.2 Å². The lowest BCUT2D eigenvalue weighted by Crippen LogP contribution is -2.18. The molecule has 0 aliphatic carbocycles. The number of hydrogen-bond acceptors (Lipinski definition) is 6. The molecule has 4 rings (SSSR count). The van der Waals surface area contributed by atoms with E-state index in [-0.39, 0.29) is 5.84 Å². The third-order valence-corrected chi connectivity index (χ3v) is 7.35. The molecule has 198 valence electrons. The first-order valence-electron chi connectivity index (χ1n) is 13.2. The number of amidine groups is 1. The Hall–Kier alpha value is -3.68. The minimum Gasteiger partial charge on any atom is -0.494 e. The van der Waals surface area contributed by atoms with Gasteiger partial charge in [-0.2, -0.15) is 0 Å². The van der Waals surface area contributed by atoms with Crippen LogP contribution >= 0.6 is 11.3 Å². The van der Waals surface area contributed by atoms with Crippen LogP contribution in [-0.2, 0) is 6.42 Å². The van der Waals surface area contributed by atoms with Gasteiger partial charge in [-0.15, -0.1) is 11.3 Å². The van der Waals surface area contributed by atoms with E-state index >= 15 is 0 Å². The standard InChI is InChI=1S/C31H35N3O3S/c1-2-3-12-28-29(33-31(38-28)25-10-6-4-7-11-25)23-13-17-26(18-14-23)36-21-8-5-9-22-37-27-19-15-24(16-20-27)30(32)34-35/h4,6-7,10-11,13-20,35H,2-3,5,8-9,12,21-22H2,1H3,(H2,32,34). The van der Waals surface area contributed by atoms with E-state index in [2.05, 4.69) is 43.3 Å². The second kappa shape index (κ2) is 14.3. The van der Waals surface area contributed by atoms with Crippen LogP contribution in [0.3, 0.4) is 0 Å². The Bertz CT molecular complexity index is 1270. The molecule has 7 heteroatoms. The quantitative estimate of drug-likeness (QED) is 0.0673. The lowest BCUT2D eigenvalue weighted by atomic mass is 10.1. The monoisotopic (exact) mass is 529 g/mol. The van der Waals surface area contributed by atoms with Crippen LogP contribution in [0.4, 0.5) is 0 Å². The van der Waals surface area contributed by atoms with Gasteiger partial charge >= 0.3 is 0 Å². The second-order valence-corrected chi connectivity index (χ2v) is 10.1. The molecule has 0 unspecified atom stereocenters. The molecule has 0 aliphatic rings. The van der Waals surface area contributed by atoms with Gasteiger partial charge in [0.05, 0.1) is 18.9 Å². The van der Waals surface area contributed by atoms with Crippen LogP contribution in [0.25, 0.3) is 21.8 Å². The van der Waals surface area contributed by atoms with Gasteiger partial charge in [-0.05, 0) is 80.6 Å². The fourth-order valence-electron chi connectivity index (χ4n) is 4.04. The number of rotatable bonds is 14. The van der Waals surface area contributed by atoms with Gasteiger partial charge in [0.2, 0.25) is 0 Å². The van der Waals surface area contributed by atoms with E-state index in [9.17, 15) is 0 Å². The van der Waals surface area contributed by atoms with Crippen LogP contribution < -0.4 is 15.0 Å². The Labute approximate surface area is 228 Å². The van der Waals surface area contributed by atoms with Gasteiger partial charge in [-0.25, -0.2) is 4.98 Å². The average molecular weight is 530 g/mol. The van der Waals surface area contributed by atoms with E-state index in [1.165, 1.54) is 16.9 Å². The predicted octanol–water partition coefficient (Wildman–Crippen LogP) is 7.75. The van der Waals surface area contributed by atoms with Crippen LogP contribution in [-0.4, -0.2) is 29.2 Å². The molecular formula is C31H35N3O3S. The maximum absolute atomic E-state index is 8.79. The molecule has 0 amide bonds. The summed E-state index contributed by atoms with van der Waals surface area (Å²) in [6.07, 6.45) is 6.28. The highest BCUT2D eigenvalue weighted by atomic mass is 32.1. The Balaban J connectivity index is 1.22. The molecule has 0 bridgehead atoms. The molecule has 3 aromatic carbocycles. The van der Waals surface area contributed by atoms with Gasteiger partial charge < -0.3 is 9.47 Å². The Morgan fingerprint density at radius 2 is 1.45 bits per heavy atom. The normalized spacial score (nSPS) is 10.8. The van der Waals surface area contributed by atoms with E-state index in [4.69, 9.17) is 25.1 Å². The third kappa shape index (κ3) is 7.66. The van der Waals surface area contributed by atoms with Gasteiger partial charge in [0, 0.05) is 21.6 Å². The van der Waals surface area contributed by atoms with E-state index in [1.54, 1.807) is 35.6 Å². The molecular weight excluding hydrogens is 494 g/mol. The predicted molar refractivity (Wildman–Crippen MR) is 155 cm³/mol. The van der Waals surface area contributed by atoms with Crippen molar-refractivity contribution in [3.8, 4) is 33.3 Å². The summed E-state index contributed by atoms with van der Waals surface area (Å²) in [5, 5.41) is 17.4. The van der Waals surface area contributed by atoms with Gasteiger partial charge in [0.15, 0.2) is 0 Å². The zero-order valence-corrected chi connectivity index (χ0v) is 22.6. The van der Waals surface area contributed by atoms with E-state index in [0.717, 1.165) is 59.9 Å². The summed E-state index contributed by atoms with van der Waals surface area (Å²) in [6, 6.07) is 25.8. The second-order valence-electron chi connectivity index (χ2n) is 9.05. The molecule has 6 nitrogen and oxygen atoms in total. The van der Waals surface area contributed by atoms with Crippen LogP contribution in [0.15, 0.2) is 78.9 Å². The summed E-state index contributed by atoms with van der Waals surface area (Å²) in [5.41, 5.74) is 5.83. The summed E-state index contributed by atoms with van der Waals surface area (Å²) >= 11 is 1.80. The van der Waals surface area contributed by atoms with Crippen molar-refractivity contribution in [1.29, 1.82) is 5.41 Å². The van der Waals surface area contributed by atoms with Crippen LogP contribution in [0.5, 0.6) is 11.5 Å². The molecule has 1 aromatic heterocycles. The first kappa shape index (κ1) is 27.4. The molecule has 0 aliphatic heterocycles. The molecule has 0 fully saturated rings. The lowest BCUT2D eigenvalue weighted by molar-refractivity contribution is 0.234. The highest BCUT2D eigenvalue weighted by molar-refractivity contribution is 7.15. The number of ether oxygens (including phenoxy) is 2. The highest BCUT2D eigenvalue weighted by Gasteiger charge is 2.14. The van der Waals surface area contributed by atoms with Gasteiger partial charge in [-0.1, -0.05) is 43.7 Å². The number of aryl methyl sites for hydroxylation is 1. The van der Waals surface area contributed by atoms with Crippen molar-refractivity contribution in [2.24, 2.45) is 0 Å². The Morgan fingerprint density at radius 3 is 2.05 bits per heavy atom. The first-order valence-corrected chi connectivity index (χ1v) is 14.0. The van der Waals surface area contributed by atoms with E-state index in [1.807, 2.05) is 23.7 Å². The molecule has 1 heterocycles. The summed E-state index contributed by atoms with van der Waals surface area (Å²) in [6.45, 7) is 3.52. The minimum atomic E-state index is -0.0387. The van der Waals surface area contributed by atoms with E-state index in [0.29, 0.717) is 18.8 Å². The number of nitrogens with one attached hydrogen (secondary N) is 2. The average Bonchev–Trinajstić information content (AvgIpc) is 3.40. The molecule has 4 aromatic rings. The van der Waals surface area contributed by atoms with Crippen LogP contribution in [0.2, 0.25) is 0 Å². The SMILES string of the molecule is CCCCc1sc(-c2ccccc2)nc1-c1ccc(OCCCCCOc2ccc(C(=N)NO)cc2)cc1. The number of thiazole rings is 1. The molecule has 0 spiro atoms. The third-order valence-electron chi connectivity index (χ3n) is 6.18. The number of hydrogen-bond donors (Lipinski definition) is 3. The van der Waals surface area contributed by atoms with Crippen molar-refractivity contribution in [3.05, 3.63) is 89.3 Å². The Morgan fingerprint density at radius 1 is 0.816 bits per heavy atom. The van der Waals surface area contributed by atoms with Crippen LogP contribution in [0.1, 0.15) is 49.5 Å². The number of unbranched alkanes of at least 4 members (excludes halogenated alkanes) is 3. The van der Waals surface area contributed by atoms with Crippen molar-refractivity contribution < 1.29 is 14.7 Å². The van der Waals surface area contributed by atoms with Gasteiger partial charge in [-0.3, -0.25) is 16.1 Å². The van der Waals surface area contributed by atoms with Crippen molar-refractivity contribution in [3.63, 3.8) is 0 Å². The molecule has 3 N–H and O–H groups in total. The van der Waals surface area contributed by atoms with Crippen molar-refractivity contribution in [2.45, 2.75) is 45.4 Å². The summed E-state index contributed by atoms with van der Waals surface area (Å²) in [4.78, 5) is 6.37. The number of aromatic nitrogens is 1. The summed E-state index contributed by atoms with van der Waals surface area (Å²) in [5.74, 6) is 1.59. The molecule has 0 saturated heterocycles. The summed E-state index contributed by atoms with van der Waals surface area (Å²) in [7, 11) is 0. The van der Waals surface area contributed by atoms with Crippen LogP contribution in [0, 0.1) is 5.41 Å². The Kier molecular flexibility index (Phi) is 10.3. The smallest absolute Gasteiger partial charge is 0.149 e. The highest BCUT2D eigenvalue weighted by Crippen LogP contribution is 2.35. The first-order chi connectivity index (χ1) is 18.7. The van der Waals surface area contributed by atoms with Gasteiger partial charge in [0.25, 0.3) is 0 Å². The van der Waals surface area contributed by atoms with Crippen molar-refractivity contribution in [1.82, 2.24) is 10.5 Å². The zero-order valence-electron chi connectivity index (χ0n) is 21.8. The maximum Gasteiger partial charge on any atom is 0.149 e. The van der Waals surface area contributed by atoms with E-state index < -0.39 is 0 Å². The molecule has 38 heavy (non-hydrogen) atoms. The minimum absolute atomic E-state index is 0.0387. The topological polar surface area (TPSA) is 87.5 Å². The zero-order chi connectivity index (χ0) is 26.6. The van der Waals surface area contributed by atoms with Gasteiger partial charge in [0.1, 0.15) is 22.3 Å². The lowest BCUT2D eigenvalue weighted by Gasteiger charge is -2.09. The molecule has 0 radical (unpaired) electrons. The number of benzene rings is 3. The summed E-state index contributed by atoms with van der Waals surface area (Å²) < 4.78 is 11.7. The fourth-order valence-corrected chi connectivity index (χ4v) is 5.17. The largest absolute Gasteiger partial charge is 0.494 e. The maximum atomic E-state index is 8.79. The molecule has 0 atom stereocenters. The number of nitrogens with zero attached hydrogens (tertiary/aromatic N) is 1. The van der Waals surface area contributed by atoms with Crippen molar-refractivity contribution >= 4 is 17.2 Å². The fraction of sp³-hybridized carbons (Fsp3) is 0.290.